The van der Waals surface area contributed by atoms with Gasteiger partial charge in [-0.05, 0) is 25.0 Å². The van der Waals surface area contributed by atoms with Gasteiger partial charge in [-0.3, -0.25) is 0 Å². The fraction of sp³-hybridized carbons (Fsp3) is 0.333. The highest BCUT2D eigenvalue weighted by atomic mass is 79.9. The molecule has 0 bridgehead atoms. The van der Waals surface area contributed by atoms with E-state index in [9.17, 15) is 0 Å². The van der Waals surface area contributed by atoms with Crippen LogP contribution in [0.15, 0.2) is 16.6 Å². The van der Waals surface area contributed by atoms with E-state index >= 15 is 0 Å². The molecular formula is C9H9Br3. The molecule has 0 aromatic heterocycles. The van der Waals surface area contributed by atoms with E-state index in [1.807, 2.05) is 0 Å². The van der Waals surface area contributed by atoms with Crippen LogP contribution in [0.4, 0.5) is 0 Å². The van der Waals surface area contributed by atoms with Gasteiger partial charge < -0.3 is 0 Å². The van der Waals surface area contributed by atoms with Gasteiger partial charge in [0.05, 0.1) is 3.74 Å². The molecule has 1 rings (SSSR count). The summed E-state index contributed by atoms with van der Waals surface area (Å²) in [7, 11) is 0. The SMILES string of the molecule is Cc1cc(C)c(Br)c(C(Br)Br)c1. The second kappa shape index (κ2) is 4.25. The molecule has 0 spiro atoms. The van der Waals surface area contributed by atoms with Crippen LogP contribution in [-0.4, -0.2) is 0 Å². The van der Waals surface area contributed by atoms with Gasteiger partial charge in [0, 0.05) is 4.47 Å². The van der Waals surface area contributed by atoms with Gasteiger partial charge in [0.15, 0.2) is 0 Å². The zero-order valence-electron chi connectivity index (χ0n) is 6.87. The molecule has 3 heteroatoms. The Labute approximate surface area is 98.1 Å². The molecule has 66 valence electrons. The van der Waals surface area contributed by atoms with Crippen molar-refractivity contribution < 1.29 is 0 Å². The van der Waals surface area contributed by atoms with Crippen molar-refractivity contribution in [2.24, 2.45) is 0 Å². The molecule has 0 radical (unpaired) electrons. The van der Waals surface area contributed by atoms with E-state index in [0.717, 1.165) is 0 Å². The summed E-state index contributed by atoms with van der Waals surface area (Å²) in [6.07, 6.45) is 0. The van der Waals surface area contributed by atoms with Crippen molar-refractivity contribution in [1.82, 2.24) is 0 Å². The zero-order chi connectivity index (χ0) is 9.30. The molecular weight excluding hydrogens is 348 g/mol. The van der Waals surface area contributed by atoms with Gasteiger partial charge in [-0.15, -0.1) is 0 Å². The Kier molecular flexibility index (Phi) is 3.80. The summed E-state index contributed by atoms with van der Waals surface area (Å²) in [6, 6.07) is 4.32. The fourth-order valence-electron chi connectivity index (χ4n) is 1.14. The first kappa shape index (κ1) is 10.7. The summed E-state index contributed by atoms with van der Waals surface area (Å²) < 4.78 is 1.39. The maximum absolute atomic E-state index is 3.55. The van der Waals surface area contributed by atoms with Gasteiger partial charge >= 0.3 is 0 Å². The van der Waals surface area contributed by atoms with E-state index < -0.39 is 0 Å². The van der Waals surface area contributed by atoms with Crippen LogP contribution in [0, 0.1) is 13.8 Å². The van der Waals surface area contributed by atoms with Crippen LogP contribution in [0.1, 0.15) is 20.4 Å². The largest absolute Gasteiger partial charge is 0.0957 e. The molecule has 0 atom stereocenters. The summed E-state index contributed by atoms with van der Waals surface area (Å²) >= 11 is 10.5. The Morgan fingerprint density at radius 1 is 1.17 bits per heavy atom. The van der Waals surface area contributed by atoms with Gasteiger partial charge in [0.1, 0.15) is 0 Å². The maximum atomic E-state index is 3.55. The molecule has 12 heavy (non-hydrogen) atoms. The van der Waals surface area contributed by atoms with Gasteiger partial charge in [0.25, 0.3) is 0 Å². The zero-order valence-corrected chi connectivity index (χ0v) is 11.6. The lowest BCUT2D eigenvalue weighted by Gasteiger charge is -2.09. The predicted octanol–water partition coefficient (Wildman–Crippen LogP) is 4.85. The molecule has 1 aromatic carbocycles. The fourth-order valence-corrected chi connectivity index (χ4v) is 2.94. The Morgan fingerprint density at radius 2 is 1.75 bits per heavy atom. The highest BCUT2D eigenvalue weighted by Crippen LogP contribution is 2.36. The molecule has 1 aromatic rings. The Morgan fingerprint density at radius 3 is 2.25 bits per heavy atom. The third-order valence-electron chi connectivity index (χ3n) is 1.66. The van der Waals surface area contributed by atoms with Crippen molar-refractivity contribution in [3.05, 3.63) is 33.3 Å². The summed E-state index contributed by atoms with van der Waals surface area (Å²) in [6.45, 7) is 4.20. The van der Waals surface area contributed by atoms with Gasteiger partial charge in [-0.2, -0.15) is 0 Å². The van der Waals surface area contributed by atoms with E-state index in [4.69, 9.17) is 0 Å². The number of hydrogen-bond acceptors (Lipinski definition) is 0. The molecule has 0 aliphatic heterocycles. The van der Waals surface area contributed by atoms with Crippen LogP contribution in [0.25, 0.3) is 0 Å². The topological polar surface area (TPSA) is 0 Å². The first-order chi connectivity index (χ1) is 5.52. The molecule has 0 heterocycles. The molecule has 0 unspecified atom stereocenters. The normalized spacial score (nSPS) is 10.8. The van der Waals surface area contributed by atoms with Crippen LogP contribution in [0.2, 0.25) is 0 Å². The first-order valence-electron chi connectivity index (χ1n) is 3.57. The number of halogens is 3. The smallest absolute Gasteiger partial charge is 0.0712 e. The quantitative estimate of drug-likeness (QED) is 0.631. The second-order valence-electron chi connectivity index (χ2n) is 2.79. The minimum Gasteiger partial charge on any atom is -0.0712 e. The summed E-state index contributed by atoms with van der Waals surface area (Å²) in [5, 5.41) is 0. The molecule has 0 fully saturated rings. The minimum absolute atomic E-state index is 0.220. The monoisotopic (exact) mass is 354 g/mol. The first-order valence-corrected chi connectivity index (χ1v) is 6.19. The third-order valence-corrected chi connectivity index (χ3v) is 3.73. The van der Waals surface area contributed by atoms with Crippen LogP contribution in [0.3, 0.4) is 0 Å². The van der Waals surface area contributed by atoms with E-state index in [-0.39, 0.29) is 3.74 Å². The maximum Gasteiger partial charge on any atom is 0.0957 e. The molecule has 0 saturated heterocycles. The van der Waals surface area contributed by atoms with Crippen molar-refractivity contribution >= 4 is 47.8 Å². The Hall–Kier alpha value is 0.660. The van der Waals surface area contributed by atoms with Crippen molar-refractivity contribution in [3.63, 3.8) is 0 Å². The second-order valence-corrected chi connectivity index (χ2v) is 6.64. The van der Waals surface area contributed by atoms with Crippen LogP contribution < -0.4 is 0 Å². The molecule has 0 aliphatic rings. The van der Waals surface area contributed by atoms with E-state index in [2.05, 4.69) is 73.8 Å². The van der Waals surface area contributed by atoms with E-state index in [0.29, 0.717) is 0 Å². The Bertz CT molecular complexity index is 292. The van der Waals surface area contributed by atoms with Crippen molar-refractivity contribution in [1.29, 1.82) is 0 Å². The standard InChI is InChI=1S/C9H9Br3/c1-5-3-6(2)8(10)7(4-5)9(11)12/h3-4,9H,1-2H3. The molecule has 0 aliphatic carbocycles. The molecule has 0 N–H and O–H groups in total. The average molecular weight is 357 g/mol. The van der Waals surface area contributed by atoms with E-state index in [1.54, 1.807) is 0 Å². The lowest BCUT2D eigenvalue weighted by molar-refractivity contribution is 1.27. The van der Waals surface area contributed by atoms with E-state index in [1.165, 1.54) is 21.2 Å². The van der Waals surface area contributed by atoms with Crippen molar-refractivity contribution in [3.8, 4) is 0 Å². The highest BCUT2D eigenvalue weighted by molar-refractivity contribution is 9.24. The van der Waals surface area contributed by atoms with Crippen LogP contribution in [0.5, 0.6) is 0 Å². The lowest BCUT2D eigenvalue weighted by atomic mass is 10.1. The summed E-state index contributed by atoms with van der Waals surface area (Å²) in [5.74, 6) is 0. The number of alkyl halides is 2. The van der Waals surface area contributed by atoms with Crippen molar-refractivity contribution in [2.45, 2.75) is 17.6 Å². The predicted molar refractivity (Wildman–Crippen MR) is 64.2 cm³/mol. The van der Waals surface area contributed by atoms with Gasteiger partial charge in [-0.25, -0.2) is 0 Å². The van der Waals surface area contributed by atoms with Gasteiger partial charge in [-0.1, -0.05) is 65.5 Å². The lowest BCUT2D eigenvalue weighted by Crippen LogP contribution is -1.88. The minimum atomic E-state index is 0.220. The van der Waals surface area contributed by atoms with Gasteiger partial charge in [0.2, 0.25) is 0 Å². The van der Waals surface area contributed by atoms with Crippen molar-refractivity contribution in [2.75, 3.05) is 0 Å². The molecule has 0 saturated carbocycles. The average Bonchev–Trinajstić information content (AvgIpc) is 1.96. The van der Waals surface area contributed by atoms with Crippen LogP contribution >= 0.6 is 47.8 Å². The van der Waals surface area contributed by atoms with Crippen LogP contribution in [-0.2, 0) is 0 Å². The number of benzene rings is 1. The third kappa shape index (κ3) is 2.33. The summed E-state index contributed by atoms with van der Waals surface area (Å²) in [4.78, 5) is 0. The number of hydrogen-bond donors (Lipinski definition) is 0. The summed E-state index contributed by atoms with van der Waals surface area (Å²) in [5.41, 5.74) is 3.80. The molecule has 0 nitrogen and oxygen atoms in total. The highest BCUT2D eigenvalue weighted by Gasteiger charge is 2.09. The Balaban J connectivity index is 3.28. The number of rotatable bonds is 1. The molecule has 0 amide bonds. The number of aryl methyl sites for hydroxylation is 2.